The van der Waals surface area contributed by atoms with Gasteiger partial charge >= 0.3 is 0 Å². The Morgan fingerprint density at radius 2 is 1.00 bits per heavy atom. The molecule has 0 saturated heterocycles. The van der Waals surface area contributed by atoms with E-state index in [1.807, 2.05) is 0 Å². The van der Waals surface area contributed by atoms with Crippen molar-refractivity contribution in [1.82, 2.24) is 0 Å². The summed E-state index contributed by atoms with van der Waals surface area (Å²) in [5.41, 5.74) is 1.95. The number of hydrogen-bond donors (Lipinski definition) is 4. The zero-order valence-electron chi connectivity index (χ0n) is 12.2. The van der Waals surface area contributed by atoms with Crippen LogP contribution in [0.25, 0.3) is 0 Å². The molecule has 112 valence electrons. The lowest BCUT2D eigenvalue weighted by Gasteiger charge is -2.04. The summed E-state index contributed by atoms with van der Waals surface area (Å²) in [6.45, 7) is 0. The molecule has 2 radical (unpaired) electrons. The smallest absolute Gasteiger partial charge is 0.157 e. The number of phenols is 4. The maximum absolute atomic E-state index is 9.40. The van der Waals surface area contributed by atoms with Crippen LogP contribution in [0, 0.1) is 0 Å². The first-order valence-electron chi connectivity index (χ1n) is 7.23. The van der Waals surface area contributed by atoms with Gasteiger partial charge in [0.2, 0.25) is 0 Å². The molecular formula is C16H18B2O4. The molecule has 0 unspecified atom stereocenters. The highest BCUT2D eigenvalue weighted by Gasteiger charge is 2.03. The Morgan fingerprint density at radius 3 is 1.36 bits per heavy atom. The maximum atomic E-state index is 9.40. The fourth-order valence-electron chi connectivity index (χ4n) is 2.18. The molecule has 0 amide bonds. The summed E-state index contributed by atoms with van der Waals surface area (Å²) in [6, 6.07) is 9.71. The number of aromatic hydroxyl groups is 4. The summed E-state index contributed by atoms with van der Waals surface area (Å²) in [4.78, 5) is 0. The molecule has 0 aliphatic heterocycles. The number of benzene rings is 2. The predicted octanol–water partition coefficient (Wildman–Crippen LogP) is 2.45. The molecule has 0 aliphatic rings. The van der Waals surface area contributed by atoms with E-state index in [-0.39, 0.29) is 23.0 Å². The molecule has 0 spiro atoms. The summed E-state index contributed by atoms with van der Waals surface area (Å²) in [7, 11) is 4.15. The highest BCUT2D eigenvalue weighted by atomic mass is 16.3. The minimum atomic E-state index is -0.101. The number of phenolic OH excluding ortho intramolecular Hbond substituents is 4. The molecule has 0 heterocycles. The van der Waals surface area contributed by atoms with Gasteiger partial charge in [-0.05, 0) is 48.2 Å². The van der Waals surface area contributed by atoms with Crippen LogP contribution in [0.5, 0.6) is 23.0 Å². The molecular weight excluding hydrogens is 278 g/mol. The largest absolute Gasteiger partial charge is 0.504 e. The van der Waals surface area contributed by atoms with E-state index in [0.29, 0.717) is 0 Å². The van der Waals surface area contributed by atoms with Crippen LogP contribution in [0.4, 0.5) is 0 Å². The maximum Gasteiger partial charge on any atom is 0.157 e. The van der Waals surface area contributed by atoms with Crippen LogP contribution in [-0.2, 0) is 12.8 Å². The topological polar surface area (TPSA) is 80.9 Å². The minimum Gasteiger partial charge on any atom is -0.504 e. The molecule has 0 saturated carbocycles. The monoisotopic (exact) mass is 296 g/mol. The highest BCUT2D eigenvalue weighted by Crippen LogP contribution is 2.26. The van der Waals surface area contributed by atoms with Gasteiger partial charge in [-0.25, -0.2) is 0 Å². The lowest BCUT2D eigenvalue weighted by molar-refractivity contribution is 0.403. The van der Waals surface area contributed by atoms with Gasteiger partial charge in [-0.15, -0.1) is 0 Å². The van der Waals surface area contributed by atoms with Gasteiger partial charge < -0.3 is 20.4 Å². The molecule has 22 heavy (non-hydrogen) atoms. The van der Waals surface area contributed by atoms with Crippen molar-refractivity contribution in [1.29, 1.82) is 0 Å². The van der Waals surface area contributed by atoms with E-state index < -0.39 is 0 Å². The summed E-state index contributed by atoms with van der Waals surface area (Å²) in [5, 5.41) is 37.3. The second-order valence-corrected chi connectivity index (χ2v) is 5.19. The Bertz CT molecular complexity index is 576. The molecule has 6 heteroatoms. The van der Waals surface area contributed by atoms with E-state index in [1.54, 1.807) is 24.3 Å². The van der Waals surface area contributed by atoms with Crippen LogP contribution >= 0.6 is 0 Å². The Labute approximate surface area is 131 Å². The van der Waals surface area contributed by atoms with Crippen molar-refractivity contribution in [3.05, 3.63) is 47.5 Å². The van der Waals surface area contributed by atoms with Crippen LogP contribution < -0.4 is 0 Å². The predicted molar refractivity (Wildman–Crippen MR) is 88.1 cm³/mol. The zero-order chi connectivity index (χ0) is 15.9. The van der Waals surface area contributed by atoms with Gasteiger partial charge in [-0.3, -0.25) is 0 Å². The summed E-state index contributed by atoms with van der Waals surface area (Å²) >= 11 is 0. The highest BCUT2D eigenvalue weighted by molar-refractivity contribution is 7.00. The molecule has 0 fully saturated rings. The molecule has 2 aromatic carbocycles. The van der Waals surface area contributed by atoms with Crippen LogP contribution in [0.1, 0.15) is 11.1 Å². The second kappa shape index (κ2) is 7.69. The van der Waals surface area contributed by atoms with Crippen molar-refractivity contribution in [3.8, 4) is 23.0 Å². The third-order valence-corrected chi connectivity index (χ3v) is 3.45. The minimum absolute atomic E-state index is 0.0892. The molecule has 0 bridgehead atoms. The van der Waals surface area contributed by atoms with E-state index >= 15 is 0 Å². The fraction of sp³-hybridized carbons (Fsp3) is 0.250. The molecule has 2 rings (SSSR count). The van der Waals surface area contributed by atoms with Crippen LogP contribution in [0.2, 0.25) is 12.6 Å². The summed E-state index contributed by atoms with van der Waals surface area (Å²) in [6.07, 6.45) is 3.30. The fourth-order valence-corrected chi connectivity index (χ4v) is 2.18. The number of aryl methyl sites for hydroxylation is 2. The van der Waals surface area contributed by atoms with E-state index in [9.17, 15) is 20.4 Å². The van der Waals surface area contributed by atoms with Crippen LogP contribution in [0.15, 0.2) is 36.4 Å². The first-order chi connectivity index (χ1) is 10.6. The Balaban J connectivity index is 1.65. The molecule has 0 atom stereocenters. The second-order valence-electron chi connectivity index (χ2n) is 5.19. The van der Waals surface area contributed by atoms with Crippen molar-refractivity contribution in [2.45, 2.75) is 25.5 Å². The molecule has 0 aliphatic carbocycles. The lowest BCUT2D eigenvalue weighted by atomic mass is 9.36. The number of rotatable bonds is 7. The third kappa shape index (κ3) is 4.65. The van der Waals surface area contributed by atoms with E-state index in [0.717, 1.165) is 36.6 Å². The van der Waals surface area contributed by atoms with Crippen molar-refractivity contribution in [2.75, 3.05) is 0 Å². The standard InChI is InChI=1S/C16H18B2O4/c19-13-3-1-11(9-15(13)21)5-7-17-18-8-6-12-2-4-14(20)16(22)10-12/h1-4,9-10,19-22H,5-8H2. The van der Waals surface area contributed by atoms with Gasteiger partial charge in [0.15, 0.2) is 23.0 Å². The van der Waals surface area contributed by atoms with Crippen molar-refractivity contribution in [2.24, 2.45) is 0 Å². The van der Waals surface area contributed by atoms with Gasteiger partial charge in [-0.1, -0.05) is 24.8 Å². The zero-order valence-corrected chi connectivity index (χ0v) is 12.2. The lowest BCUT2D eigenvalue weighted by Crippen LogP contribution is -2.05. The van der Waals surface area contributed by atoms with Gasteiger partial charge in [-0.2, -0.15) is 0 Å². The summed E-state index contributed by atoms with van der Waals surface area (Å²) < 4.78 is 0. The first kappa shape index (κ1) is 16.1. The third-order valence-electron chi connectivity index (χ3n) is 3.45. The van der Waals surface area contributed by atoms with Crippen molar-refractivity contribution in [3.63, 3.8) is 0 Å². The van der Waals surface area contributed by atoms with Gasteiger partial charge in [0.25, 0.3) is 0 Å². The summed E-state index contributed by atoms with van der Waals surface area (Å²) in [5.74, 6) is -0.380. The molecule has 4 nitrogen and oxygen atoms in total. The quantitative estimate of drug-likeness (QED) is 0.359. The van der Waals surface area contributed by atoms with Gasteiger partial charge in [0.05, 0.1) is 14.3 Å². The number of hydrogen-bond acceptors (Lipinski definition) is 4. The Kier molecular flexibility index (Phi) is 5.64. The van der Waals surface area contributed by atoms with Crippen LogP contribution in [0.3, 0.4) is 0 Å². The Hall–Kier alpha value is -2.23. The van der Waals surface area contributed by atoms with Gasteiger partial charge in [0.1, 0.15) is 0 Å². The average Bonchev–Trinajstić information content (AvgIpc) is 2.50. The van der Waals surface area contributed by atoms with Gasteiger partial charge in [0, 0.05) is 0 Å². The molecule has 0 aromatic heterocycles. The Morgan fingerprint density at radius 1 is 0.591 bits per heavy atom. The van der Waals surface area contributed by atoms with E-state index in [2.05, 4.69) is 14.3 Å². The molecule has 2 aromatic rings. The van der Waals surface area contributed by atoms with E-state index in [1.165, 1.54) is 12.1 Å². The molecule has 4 N–H and O–H groups in total. The normalized spacial score (nSPS) is 10.4. The average molecular weight is 296 g/mol. The van der Waals surface area contributed by atoms with Crippen molar-refractivity contribution < 1.29 is 20.4 Å². The first-order valence-corrected chi connectivity index (χ1v) is 7.23. The SMILES string of the molecule is Oc1ccc(CC[B][B]CCc2ccc(O)c(O)c2)cc1O. The van der Waals surface area contributed by atoms with Crippen LogP contribution in [-0.4, -0.2) is 34.8 Å². The van der Waals surface area contributed by atoms with Crippen molar-refractivity contribution >= 4 is 14.3 Å². The van der Waals surface area contributed by atoms with E-state index in [4.69, 9.17) is 0 Å².